The van der Waals surface area contributed by atoms with Crippen LogP contribution >= 0.6 is 11.6 Å². The molecule has 1 heterocycles. The molecule has 1 amide bonds. The Balaban J connectivity index is 1.62. The van der Waals surface area contributed by atoms with E-state index in [-0.39, 0.29) is 11.3 Å². The second kappa shape index (κ2) is 9.95. The van der Waals surface area contributed by atoms with E-state index in [0.29, 0.717) is 48.3 Å². The molecular weight excluding hydrogens is 465 g/mol. The van der Waals surface area contributed by atoms with Crippen LogP contribution in [0.25, 0.3) is 0 Å². The van der Waals surface area contributed by atoms with Crippen molar-refractivity contribution in [2.45, 2.75) is 13.1 Å². The van der Waals surface area contributed by atoms with Crippen LogP contribution in [0, 0.1) is 6.92 Å². The lowest BCUT2D eigenvalue weighted by Gasteiger charge is -2.30. The highest BCUT2D eigenvalue weighted by molar-refractivity contribution is 6.31. The number of para-hydroxylation sites is 1. The molecule has 34 heavy (non-hydrogen) atoms. The van der Waals surface area contributed by atoms with Gasteiger partial charge in [-0.05, 0) is 55.0 Å². The molecule has 178 valence electrons. The number of halogens is 4. The maximum Gasteiger partial charge on any atom is 0.418 e. The molecule has 4 rings (SSSR count). The maximum atomic E-state index is 13.9. The zero-order valence-electron chi connectivity index (χ0n) is 18.5. The average Bonchev–Trinajstić information content (AvgIpc) is 2.82. The molecular formula is C25H24ClF3N4O. The second-order valence-electron chi connectivity index (χ2n) is 8.00. The van der Waals surface area contributed by atoms with Crippen molar-refractivity contribution in [3.8, 4) is 0 Å². The van der Waals surface area contributed by atoms with E-state index in [2.05, 4.69) is 16.0 Å². The first-order valence-electron chi connectivity index (χ1n) is 10.8. The van der Waals surface area contributed by atoms with Gasteiger partial charge < -0.3 is 20.9 Å². The van der Waals surface area contributed by atoms with Crippen molar-refractivity contribution < 1.29 is 18.0 Å². The smallest absolute Gasteiger partial charge is 0.369 e. The Hall–Kier alpha value is -3.23. The number of amides is 1. The van der Waals surface area contributed by atoms with Gasteiger partial charge in [-0.15, -0.1) is 0 Å². The zero-order chi connectivity index (χ0) is 24.3. The van der Waals surface area contributed by atoms with Gasteiger partial charge in [0, 0.05) is 42.6 Å². The minimum absolute atomic E-state index is 0.209. The molecule has 0 saturated carbocycles. The summed E-state index contributed by atoms with van der Waals surface area (Å²) in [7, 11) is 0. The van der Waals surface area contributed by atoms with Crippen LogP contribution in [0.5, 0.6) is 0 Å². The van der Waals surface area contributed by atoms with Gasteiger partial charge in [0.1, 0.15) is 0 Å². The number of nitrogens with one attached hydrogen (secondary N) is 3. The lowest BCUT2D eigenvalue weighted by atomic mass is 10.1. The van der Waals surface area contributed by atoms with E-state index in [1.807, 2.05) is 17.9 Å². The fourth-order valence-corrected chi connectivity index (χ4v) is 4.04. The van der Waals surface area contributed by atoms with Crippen molar-refractivity contribution in [1.82, 2.24) is 5.32 Å². The number of nitrogens with zero attached hydrogens (tertiary/aromatic N) is 1. The van der Waals surface area contributed by atoms with Crippen molar-refractivity contribution in [3.63, 3.8) is 0 Å². The molecule has 1 saturated heterocycles. The first-order valence-corrected chi connectivity index (χ1v) is 11.2. The van der Waals surface area contributed by atoms with E-state index in [0.717, 1.165) is 11.6 Å². The summed E-state index contributed by atoms with van der Waals surface area (Å²) in [5.41, 5.74) is 1.47. The minimum atomic E-state index is -4.62. The number of anilines is 4. The Morgan fingerprint density at radius 1 is 0.971 bits per heavy atom. The van der Waals surface area contributed by atoms with Gasteiger partial charge in [-0.25, -0.2) is 0 Å². The summed E-state index contributed by atoms with van der Waals surface area (Å²) in [4.78, 5) is 15.0. The number of carbonyl (C=O) groups excluding carboxylic acids is 1. The van der Waals surface area contributed by atoms with Gasteiger partial charge >= 0.3 is 6.18 Å². The highest BCUT2D eigenvalue weighted by atomic mass is 35.5. The molecule has 0 unspecified atom stereocenters. The third kappa shape index (κ3) is 5.29. The Bertz CT molecular complexity index is 1190. The lowest BCUT2D eigenvalue weighted by molar-refractivity contribution is -0.136. The predicted molar refractivity (Wildman–Crippen MR) is 130 cm³/mol. The van der Waals surface area contributed by atoms with Crippen LogP contribution in [0.2, 0.25) is 5.02 Å². The van der Waals surface area contributed by atoms with Gasteiger partial charge in [-0.2, -0.15) is 13.2 Å². The largest absolute Gasteiger partial charge is 0.418 e. The van der Waals surface area contributed by atoms with Crippen molar-refractivity contribution >= 4 is 40.3 Å². The van der Waals surface area contributed by atoms with Crippen molar-refractivity contribution in [3.05, 3.63) is 82.4 Å². The molecule has 0 bridgehead atoms. The number of piperazine rings is 1. The summed E-state index contributed by atoms with van der Waals surface area (Å²) >= 11 is 6.19. The normalized spacial score (nSPS) is 14.1. The number of benzene rings is 3. The highest BCUT2D eigenvalue weighted by Gasteiger charge is 2.35. The molecule has 5 nitrogen and oxygen atoms in total. The van der Waals surface area contributed by atoms with Crippen LogP contribution in [0.1, 0.15) is 21.5 Å². The van der Waals surface area contributed by atoms with Crippen LogP contribution in [0.15, 0.2) is 60.7 Å². The van der Waals surface area contributed by atoms with E-state index in [4.69, 9.17) is 11.6 Å². The summed E-state index contributed by atoms with van der Waals surface area (Å²) in [6.07, 6.45) is -4.62. The van der Waals surface area contributed by atoms with Gasteiger partial charge in [-0.1, -0.05) is 29.8 Å². The van der Waals surface area contributed by atoms with Crippen LogP contribution in [0.4, 0.5) is 35.9 Å². The Morgan fingerprint density at radius 2 is 1.68 bits per heavy atom. The quantitative estimate of drug-likeness (QED) is 0.408. The third-order valence-corrected chi connectivity index (χ3v) is 6.16. The third-order valence-electron chi connectivity index (χ3n) is 5.75. The van der Waals surface area contributed by atoms with E-state index in [1.54, 1.807) is 42.5 Å². The summed E-state index contributed by atoms with van der Waals surface area (Å²) in [5.74, 6) is -0.650. The first kappa shape index (κ1) is 23.9. The van der Waals surface area contributed by atoms with E-state index in [9.17, 15) is 18.0 Å². The van der Waals surface area contributed by atoms with E-state index >= 15 is 0 Å². The molecule has 0 radical (unpaired) electrons. The molecule has 0 aliphatic carbocycles. The molecule has 0 atom stereocenters. The number of carbonyl (C=O) groups is 1. The maximum absolute atomic E-state index is 13.9. The monoisotopic (exact) mass is 488 g/mol. The van der Waals surface area contributed by atoms with Crippen molar-refractivity contribution in [2.24, 2.45) is 0 Å². The number of hydrogen-bond donors (Lipinski definition) is 3. The summed E-state index contributed by atoms with van der Waals surface area (Å²) in [6.45, 7) is 4.48. The van der Waals surface area contributed by atoms with Gasteiger partial charge in [-0.3, -0.25) is 4.79 Å². The topological polar surface area (TPSA) is 56.4 Å². The van der Waals surface area contributed by atoms with Crippen molar-refractivity contribution in [2.75, 3.05) is 41.7 Å². The van der Waals surface area contributed by atoms with Gasteiger partial charge in [0.15, 0.2) is 0 Å². The molecule has 1 fully saturated rings. The minimum Gasteiger partial charge on any atom is -0.369 e. The fourth-order valence-electron chi connectivity index (χ4n) is 3.86. The number of hydrogen-bond acceptors (Lipinski definition) is 4. The van der Waals surface area contributed by atoms with Crippen LogP contribution in [0.3, 0.4) is 0 Å². The predicted octanol–water partition coefficient (Wildman–Crippen LogP) is 6.07. The number of rotatable bonds is 5. The van der Waals surface area contributed by atoms with Crippen LogP contribution in [-0.4, -0.2) is 32.1 Å². The highest BCUT2D eigenvalue weighted by Crippen LogP contribution is 2.38. The number of alkyl halides is 3. The summed E-state index contributed by atoms with van der Waals surface area (Å²) in [6, 6.07) is 16.0. The second-order valence-corrected chi connectivity index (χ2v) is 8.41. The van der Waals surface area contributed by atoms with Crippen LogP contribution < -0.4 is 20.9 Å². The SMILES string of the molecule is Cc1c(Cl)cccc1Nc1ccccc1C(=O)Nc1ccc(N2CCNCC2)cc1C(F)(F)F. The van der Waals surface area contributed by atoms with Gasteiger partial charge in [0.2, 0.25) is 0 Å². The molecule has 1 aliphatic rings. The van der Waals surface area contributed by atoms with E-state index < -0.39 is 17.6 Å². The fraction of sp³-hybridized carbons (Fsp3) is 0.240. The molecule has 3 aromatic carbocycles. The molecule has 3 aromatic rings. The Kier molecular flexibility index (Phi) is 7.00. The van der Waals surface area contributed by atoms with Crippen LogP contribution in [-0.2, 0) is 6.18 Å². The Labute approximate surface area is 200 Å². The summed E-state index contributed by atoms with van der Waals surface area (Å²) in [5, 5.41) is 9.37. The molecule has 0 aromatic heterocycles. The average molecular weight is 489 g/mol. The standard InChI is InChI=1S/C25H24ClF3N4O/c1-16-20(26)6-4-8-21(16)31-22-7-3-2-5-18(22)24(34)32-23-10-9-17(15-19(23)25(27,28)29)33-13-11-30-12-14-33/h2-10,15,30-31H,11-14H2,1H3,(H,32,34). The zero-order valence-corrected chi connectivity index (χ0v) is 19.2. The Morgan fingerprint density at radius 3 is 2.41 bits per heavy atom. The van der Waals surface area contributed by atoms with Gasteiger partial charge in [0.25, 0.3) is 5.91 Å². The van der Waals surface area contributed by atoms with E-state index in [1.165, 1.54) is 6.07 Å². The first-order chi connectivity index (χ1) is 16.2. The lowest BCUT2D eigenvalue weighted by Crippen LogP contribution is -2.43. The summed E-state index contributed by atoms with van der Waals surface area (Å²) < 4.78 is 41.7. The molecule has 9 heteroatoms. The van der Waals surface area contributed by atoms with Crippen molar-refractivity contribution in [1.29, 1.82) is 0 Å². The molecule has 1 aliphatic heterocycles. The molecule has 3 N–H and O–H groups in total. The molecule has 0 spiro atoms. The van der Waals surface area contributed by atoms with Gasteiger partial charge in [0.05, 0.1) is 22.5 Å².